The van der Waals surface area contributed by atoms with Crippen LogP contribution in [-0.2, 0) is 6.42 Å². The minimum absolute atomic E-state index is 0.127. The number of hydrogen-bond donors (Lipinski definition) is 2. The van der Waals surface area contributed by atoms with Gasteiger partial charge in [-0.2, -0.15) is 5.10 Å². The van der Waals surface area contributed by atoms with Crippen molar-refractivity contribution in [2.75, 3.05) is 13.7 Å². The molecule has 6 heteroatoms. The minimum Gasteiger partial charge on any atom is -0.497 e. The Hall–Kier alpha value is -3.28. The summed E-state index contributed by atoms with van der Waals surface area (Å²) in [4.78, 5) is 12.9. The van der Waals surface area contributed by atoms with Gasteiger partial charge in [0.05, 0.1) is 37.2 Å². The number of rotatable bonds is 5. The van der Waals surface area contributed by atoms with E-state index in [9.17, 15) is 4.79 Å². The number of nitrogens with zero attached hydrogens (tertiary/aromatic N) is 1. The van der Waals surface area contributed by atoms with Crippen molar-refractivity contribution in [1.82, 2.24) is 15.5 Å². The molecule has 0 spiro atoms. The zero-order chi connectivity index (χ0) is 19.5. The number of amides is 1. The Morgan fingerprint density at radius 1 is 1.25 bits per heavy atom. The van der Waals surface area contributed by atoms with E-state index in [1.165, 1.54) is 5.56 Å². The van der Waals surface area contributed by atoms with Crippen LogP contribution in [0.5, 0.6) is 11.5 Å². The summed E-state index contributed by atoms with van der Waals surface area (Å²) in [5, 5.41) is 10.1. The summed E-state index contributed by atoms with van der Waals surface area (Å²) >= 11 is 0. The molecule has 1 aromatic heterocycles. The fourth-order valence-corrected chi connectivity index (χ4v) is 3.44. The van der Waals surface area contributed by atoms with Crippen molar-refractivity contribution >= 4 is 5.91 Å². The summed E-state index contributed by atoms with van der Waals surface area (Å²) in [6.07, 6.45) is 3.59. The lowest BCUT2D eigenvalue weighted by Gasteiger charge is -2.20. The first-order valence-corrected chi connectivity index (χ1v) is 9.40. The fraction of sp³-hybridized carbons (Fsp3) is 0.273. The number of methoxy groups -OCH3 is 1. The number of carbonyl (C=O) groups excluding carboxylic acids is 1. The van der Waals surface area contributed by atoms with Crippen LogP contribution in [0, 0.1) is 0 Å². The molecule has 3 aromatic rings. The third kappa shape index (κ3) is 3.58. The Balaban J connectivity index is 1.52. The molecule has 0 saturated heterocycles. The second kappa shape index (κ2) is 7.76. The maximum Gasteiger partial charge on any atom is 0.255 e. The van der Waals surface area contributed by atoms with E-state index >= 15 is 0 Å². The molecule has 2 N–H and O–H groups in total. The maximum absolute atomic E-state index is 12.9. The SMILES string of the molecule is COc1ccc(-c2[nH]ncc2C(=O)N[C@@H](C)c2ccc3c(c2)CCCO3)cc1. The lowest BCUT2D eigenvalue weighted by Crippen LogP contribution is -2.27. The van der Waals surface area contributed by atoms with Crippen LogP contribution in [0.1, 0.15) is 40.9 Å². The van der Waals surface area contributed by atoms with E-state index in [1.54, 1.807) is 13.3 Å². The second-order valence-corrected chi connectivity index (χ2v) is 6.90. The summed E-state index contributed by atoms with van der Waals surface area (Å²) < 4.78 is 10.9. The van der Waals surface area contributed by atoms with Crippen LogP contribution in [0.15, 0.2) is 48.7 Å². The minimum atomic E-state index is -0.166. The topological polar surface area (TPSA) is 76.2 Å². The zero-order valence-electron chi connectivity index (χ0n) is 16.0. The number of hydrogen-bond acceptors (Lipinski definition) is 4. The summed E-state index contributed by atoms with van der Waals surface area (Å²) in [5.74, 6) is 1.55. The quantitative estimate of drug-likeness (QED) is 0.707. The predicted molar refractivity (Wildman–Crippen MR) is 107 cm³/mol. The van der Waals surface area contributed by atoms with Gasteiger partial charge in [0, 0.05) is 5.56 Å². The van der Waals surface area contributed by atoms with Gasteiger partial charge in [0.25, 0.3) is 5.91 Å². The molecule has 0 saturated carbocycles. The standard InChI is InChI=1S/C22H23N3O3/c1-14(16-7-10-20-17(12-16)4-3-11-28-20)24-22(26)19-13-23-25-21(19)15-5-8-18(27-2)9-6-15/h5-10,12-14H,3-4,11H2,1-2H3,(H,23,25)(H,24,26)/t14-/m0/s1. The first-order chi connectivity index (χ1) is 13.7. The summed E-state index contributed by atoms with van der Waals surface area (Å²) in [5.41, 5.74) is 4.34. The van der Waals surface area contributed by atoms with Crippen molar-refractivity contribution in [3.8, 4) is 22.8 Å². The normalized spacial score (nSPS) is 13.9. The highest BCUT2D eigenvalue weighted by Crippen LogP contribution is 2.28. The van der Waals surface area contributed by atoms with Gasteiger partial charge in [0.1, 0.15) is 11.5 Å². The van der Waals surface area contributed by atoms with Gasteiger partial charge in [0.2, 0.25) is 0 Å². The van der Waals surface area contributed by atoms with Gasteiger partial charge in [-0.1, -0.05) is 12.1 Å². The lowest BCUT2D eigenvalue weighted by atomic mass is 9.99. The molecule has 1 amide bonds. The number of aromatic nitrogens is 2. The van der Waals surface area contributed by atoms with Crippen LogP contribution >= 0.6 is 0 Å². The van der Waals surface area contributed by atoms with Crippen LogP contribution in [0.4, 0.5) is 0 Å². The first-order valence-electron chi connectivity index (χ1n) is 9.40. The number of benzene rings is 2. The van der Waals surface area contributed by atoms with Gasteiger partial charge < -0.3 is 14.8 Å². The molecular formula is C22H23N3O3. The smallest absolute Gasteiger partial charge is 0.255 e. The van der Waals surface area contributed by atoms with E-state index in [4.69, 9.17) is 9.47 Å². The van der Waals surface area contributed by atoms with Crippen molar-refractivity contribution in [1.29, 1.82) is 0 Å². The largest absolute Gasteiger partial charge is 0.497 e. The number of aromatic amines is 1. The Labute approximate surface area is 163 Å². The highest BCUT2D eigenvalue weighted by atomic mass is 16.5. The van der Waals surface area contributed by atoms with Crippen molar-refractivity contribution in [3.63, 3.8) is 0 Å². The van der Waals surface area contributed by atoms with E-state index in [2.05, 4.69) is 21.6 Å². The molecule has 1 aliphatic rings. The van der Waals surface area contributed by atoms with Crippen LogP contribution < -0.4 is 14.8 Å². The number of carbonyl (C=O) groups is 1. The molecular weight excluding hydrogens is 354 g/mol. The van der Waals surface area contributed by atoms with Crippen molar-refractivity contribution in [3.05, 3.63) is 65.4 Å². The molecule has 0 aliphatic carbocycles. The highest BCUT2D eigenvalue weighted by Gasteiger charge is 2.19. The van der Waals surface area contributed by atoms with E-state index in [0.29, 0.717) is 11.3 Å². The monoisotopic (exact) mass is 377 g/mol. The fourth-order valence-electron chi connectivity index (χ4n) is 3.44. The Bertz CT molecular complexity index is 979. The second-order valence-electron chi connectivity index (χ2n) is 6.90. The Morgan fingerprint density at radius 2 is 2.07 bits per heavy atom. The van der Waals surface area contributed by atoms with E-state index in [-0.39, 0.29) is 11.9 Å². The zero-order valence-corrected chi connectivity index (χ0v) is 16.0. The third-order valence-electron chi connectivity index (χ3n) is 5.04. The maximum atomic E-state index is 12.9. The number of H-pyrrole nitrogens is 1. The van der Waals surface area contributed by atoms with Gasteiger partial charge in [-0.05, 0) is 61.2 Å². The number of nitrogens with one attached hydrogen (secondary N) is 2. The Morgan fingerprint density at radius 3 is 2.86 bits per heavy atom. The van der Waals surface area contributed by atoms with Crippen molar-refractivity contribution in [2.24, 2.45) is 0 Å². The average Bonchev–Trinajstić information content (AvgIpc) is 3.23. The van der Waals surface area contributed by atoms with Gasteiger partial charge in [-0.3, -0.25) is 9.89 Å². The number of aryl methyl sites for hydroxylation is 1. The van der Waals surface area contributed by atoms with E-state index in [0.717, 1.165) is 42.1 Å². The van der Waals surface area contributed by atoms with Crippen LogP contribution in [0.3, 0.4) is 0 Å². The molecule has 0 unspecified atom stereocenters. The van der Waals surface area contributed by atoms with E-state index < -0.39 is 0 Å². The van der Waals surface area contributed by atoms with Gasteiger partial charge in [0.15, 0.2) is 0 Å². The molecule has 1 atom stereocenters. The van der Waals surface area contributed by atoms with Crippen LogP contribution in [0.2, 0.25) is 0 Å². The molecule has 28 heavy (non-hydrogen) atoms. The molecule has 0 radical (unpaired) electrons. The molecule has 6 nitrogen and oxygen atoms in total. The number of fused-ring (bicyclic) bond motifs is 1. The molecule has 2 heterocycles. The van der Waals surface area contributed by atoms with Crippen molar-refractivity contribution in [2.45, 2.75) is 25.8 Å². The molecule has 0 fully saturated rings. The molecule has 144 valence electrons. The van der Waals surface area contributed by atoms with Gasteiger partial charge >= 0.3 is 0 Å². The van der Waals surface area contributed by atoms with Gasteiger partial charge in [-0.15, -0.1) is 0 Å². The molecule has 2 aromatic carbocycles. The summed E-state index contributed by atoms with van der Waals surface area (Å²) in [7, 11) is 1.62. The Kier molecular flexibility index (Phi) is 5.02. The van der Waals surface area contributed by atoms with Crippen molar-refractivity contribution < 1.29 is 14.3 Å². The third-order valence-corrected chi connectivity index (χ3v) is 5.04. The van der Waals surface area contributed by atoms with Crippen LogP contribution in [-0.4, -0.2) is 29.8 Å². The lowest BCUT2D eigenvalue weighted by molar-refractivity contribution is 0.0940. The average molecular weight is 377 g/mol. The first kappa shape index (κ1) is 18.1. The van der Waals surface area contributed by atoms with E-state index in [1.807, 2.05) is 43.3 Å². The molecule has 4 rings (SSSR count). The molecule has 1 aliphatic heterocycles. The predicted octanol–water partition coefficient (Wildman–Crippen LogP) is 3.90. The molecule has 0 bridgehead atoms. The van der Waals surface area contributed by atoms with Gasteiger partial charge in [-0.25, -0.2) is 0 Å². The van der Waals surface area contributed by atoms with Crippen LogP contribution in [0.25, 0.3) is 11.3 Å². The highest BCUT2D eigenvalue weighted by molar-refractivity contribution is 5.99. The number of ether oxygens (including phenoxy) is 2. The summed E-state index contributed by atoms with van der Waals surface area (Å²) in [6, 6.07) is 13.5. The summed E-state index contributed by atoms with van der Waals surface area (Å²) in [6.45, 7) is 2.75.